The lowest BCUT2D eigenvalue weighted by molar-refractivity contribution is 0.318. The highest BCUT2D eigenvalue weighted by Crippen LogP contribution is 2.34. The van der Waals surface area contributed by atoms with Crippen molar-refractivity contribution in [3.63, 3.8) is 0 Å². The molecule has 3 N–H and O–H groups in total. The number of hydrogen-bond acceptors (Lipinski definition) is 5. The molecule has 0 unspecified atom stereocenters. The maximum Gasteiger partial charge on any atom is 0.100 e. The van der Waals surface area contributed by atoms with Crippen LogP contribution in [-0.2, 0) is 13.0 Å². The normalized spacial score (nSPS) is 14.7. The van der Waals surface area contributed by atoms with Crippen molar-refractivity contribution in [2.75, 3.05) is 6.54 Å². The van der Waals surface area contributed by atoms with E-state index in [2.05, 4.69) is 28.5 Å². The molecule has 0 amide bonds. The third kappa shape index (κ3) is 2.99. The number of fused-ring (bicyclic) bond motifs is 1. The lowest BCUT2D eigenvalue weighted by Gasteiger charge is -2.05. The van der Waals surface area contributed by atoms with E-state index in [1.54, 1.807) is 12.4 Å². The van der Waals surface area contributed by atoms with Gasteiger partial charge in [-0.05, 0) is 49.1 Å². The van der Waals surface area contributed by atoms with Crippen LogP contribution in [0.3, 0.4) is 0 Å². The second-order valence-electron chi connectivity index (χ2n) is 6.45. The van der Waals surface area contributed by atoms with Crippen molar-refractivity contribution in [3.8, 4) is 22.4 Å². The molecule has 1 aliphatic rings. The Kier molecular flexibility index (Phi) is 4.50. The number of pyridine rings is 1. The summed E-state index contributed by atoms with van der Waals surface area (Å²) in [6, 6.07) is 10.2. The quantitative estimate of drug-likeness (QED) is 0.548. The maximum absolute atomic E-state index is 9.14. The molecule has 4 rings (SSSR count). The van der Waals surface area contributed by atoms with Gasteiger partial charge in [0.15, 0.2) is 0 Å². The Bertz CT molecular complexity index is 946. The average Bonchev–Trinajstić information content (AvgIpc) is 3.30. The highest BCUT2D eigenvalue weighted by Gasteiger charge is 2.20. The van der Waals surface area contributed by atoms with Gasteiger partial charge in [-0.2, -0.15) is 5.10 Å². The molecule has 0 spiro atoms. The number of nitrogens with zero attached hydrogens (tertiary/aromatic N) is 4. The summed E-state index contributed by atoms with van der Waals surface area (Å²) in [5.74, 6) is 0. The number of benzene rings is 1. The zero-order chi connectivity index (χ0) is 17.9. The van der Waals surface area contributed by atoms with E-state index in [0.717, 1.165) is 59.5 Å². The average molecular weight is 347 g/mol. The zero-order valence-electron chi connectivity index (χ0n) is 14.5. The first-order valence-corrected chi connectivity index (χ1v) is 8.82. The minimum atomic E-state index is 0.641. The molecule has 26 heavy (non-hydrogen) atoms. The Morgan fingerprint density at radius 1 is 1.08 bits per heavy atom. The van der Waals surface area contributed by atoms with E-state index in [0.29, 0.717) is 6.54 Å². The standard InChI is InChI=1S/C20H21N5O/c21-8-1-11-25-13-18(20(23-25)14-6-9-22-10-7-14)16-2-4-17-15(12-16)3-5-19(17)24-26/h2,4,6-7,9-10,12-13,26H,1,3,5,8,11,21H2/b24-19+. The van der Waals surface area contributed by atoms with Gasteiger partial charge in [-0.25, -0.2) is 0 Å². The van der Waals surface area contributed by atoms with Crippen LogP contribution in [-0.4, -0.2) is 32.2 Å². The van der Waals surface area contributed by atoms with Crippen LogP contribution in [0.5, 0.6) is 0 Å². The van der Waals surface area contributed by atoms with E-state index in [4.69, 9.17) is 16.0 Å². The predicted molar refractivity (Wildman–Crippen MR) is 101 cm³/mol. The zero-order valence-corrected chi connectivity index (χ0v) is 14.5. The van der Waals surface area contributed by atoms with Gasteiger partial charge in [0.05, 0.1) is 5.71 Å². The summed E-state index contributed by atoms with van der Waals surface area (Å²) in [5, 5.41) is 17.3. The molecule has 0 aliphatic heterocycles. The highest BCUT2D eigenvalue weighted by atomic mass is 16.4. The van der Waals surface area contributed by atoms with Crippen LogP contribution in [0.15, 0.2) is 54.1 Å². The van der Waals surface area contributed by atoms with Crippen LogP contribution >= 0.6 is 0 Å². The van der Waals surface area contributed by atoms with E-state index in [-0.39, 0.29) is 0 Å². The molecule has 0 saturated carbocycles. The van der Waals surface area contributed by atoms with Crippen LogP contribution in [0, 0.1) is 0 Å². The molecule has 0 fully saturated rings. The molecule has 0 atom stereocenters. The molecular weight excluding hydrogens is 326 g/mol. The Morgan fingerprint density at radius 2 is 1.92 bits per heavy atom. The highest BCUT2D eigenvalue weighted by molar-refractivity contribution is 6.04. The lowest BCUT2D eigenvalue weighted by atomic mass is 9.98. The van der Waals surface area contributed by atoms with Gasteiger partial charge in [0.25, 0.3) is 0 Å². The third-order valence-electron chi connectivity index (χ3n) is 4.79. The number of rotatable bonds is 5. The van der Waals surface area contributed by atoms with Gasteiger partial charge < -0.3 is 10.9 Å². The minimum absolute atomic E-state index is 0.641. The van der Waals surface area contributed by atoms with Gasteiger partial charge in [-0.1, -0.05) is 23.4 Å². The second-order valence-corrected chi connectivity index (χ2v) is 6.45. The van der Waals surface area contributed by atoms with E-state index < -0.39 is 0 Å². The molecule has 132 valence electrons. The molecule has 2 aromatic heterocycles. The van der Waals surface area contributed by atoms with Crippen LogP contribution < -0.4 is 5.73 Å². The third-order valence-corrected chi connectivity index (χ3v) is 4.79. The topological polar surface area (TPSA) is 89.3 Å². The Balaban J connectivity index is 1.79. The van der Waals surface area contributed by atoms with Crippen LogP contribution in [0.4, 0.5) is 0 Å². The number of oxime groups is 1. The van der Waals surface area contributed by atoms with Crippen LogP contribution in [0.25, 0.3) is 22.4 Å². The predicted octanol–water partition coefficient (Wildman–Crippen LogP) is 3.09. The van der Waals surface area contributed by atoms with Gasteiger partial charge in [0.2, 0.25) is 0 Å². The second kappa shape index (κ2) is 7.09. The van der Waals surface area contributed by atoms with Gasteiger partial charge in [-0.3, -0.25) is 9.67 Å². The summed E-state index contributed by atoms with van der Waals surface area (Å²) in [6.45, 7) is 1.43. The first kappa shape index (κ1) is 16.5. The summed E-state index contributed by atoms with van der Waals surface area (Å²) in [5.41, 5.74) is 12.9. The van der Waals surface area contributed by atoms with Crippen molar-refractivity contribution in [3.05, 3.63) is 60.0 Å². The molecule has 0 bridgehead atoms. The van der Waals surface area contributed by atoms with Crippen molar-refractivity contribution >= 4 is 5.71 Å². The summed E-state index contributed by atoms with van der Waals surface area (Å²) in [7, 11) is 0. The van der Waals surface area contributed by atoms with Gasteiger partial charge in [0, 0.05) is 41.8 Å². The summed E-state index contributed by atoms with van der Waals surface area (Å²) in [4.78, 5) is 4.11. The molecule has 6 nitrogen and oxygen atoms in total. The molecule has 0 radical (unpaired) electrons. The smallest absolute Gasteiger partial charge is 0.100 e. The molecule has 3 aromatic rings. The fourth-order valence-corrected chi connectivity index (χ4v) is 3.46. The van der Waals surface area contributed by atoms with Crippen molar-refractivity contribution in [2.45, 2.75) is 25.8 Å². The maximum atomic E-state index is 9.14. The van der Waals surface area contributed by atoms with Gasteiger partial charge in [-0.15, -0.1) is 0 Å². The molecule has 1 aliphatic carbocycles. The molecule has 2 heterocycles. The molecule has 1 aromatic carbocycles. The summed E-state index contributed by atoms with van der Waals surface area (Å²) >= 11 is 0. The van der Waals surface area contributed by atoms with E-state index in [1.165, 1.54) is 5.56 Å². The minimum Gasteiger partial charge on any atom is -0.411 e. The molecule has 6 heteroatoms. The van der Waals surface area contributed by atoms with Crippen molar-refractivity contribution in [1.82, 2.24) is 14.8 Å². The number of aryl methyl sites for hydroxylation is 2. The Morgan fingerprint density at radius 3 is 2.69 bits per heavy atom. The molecule has 0 saturated heterocycles. The first-order chi connectivity index (χ1) is 12.8. The monoisotopic (exact) mass is 347 g/mol. The van der Waals surface area contributed by atoms with E-state index in [9.17, 15) is 0 Å². The SMILES string of the molecule is NCCCn1cc(-c2ccc3c(c2)CC/C3=N\O)c(-c2ccncc2)n1. The van der Waals surface area contributed by atoms with Gasteiger partial charge >= 0.3 is 0 Å². The summed E-state index contributed by atoms with van der Waals surface area (Å²) in [6.07, 6.45) is 8.21. The number of nitrogens with two attached hydrogens (primary N) is 1. The van der Waals surface area contributed by atoms with Gasteiger partial charge in [0.1, 0.15) is 5.69 Å². The fourth-order valence-electron chi connectivity index (χ4n) is 3.46. The largest absolute Gasteiger partial charge is 0.411 e. The van der Waals surface area contributed by atoms with Crippen molar-refractivity contribution < 1.29 is 5.21 Å². The van der Waals surface area contributed by atoms with E-state index in [1.807, 2.05) is 22.9 Å². The van der Waals surface area contributed by atoms with Crippen molar-refractivity contribution in [2.24, 2.45) is 10.9 Å². The molecular formula is C20H21N5O. The lowest BCUT2D eigenvalue weighted by Crippen LogP contribution is -2.06. The van der Waals surface area contributed by atoms with Crippen LogP contribution in [0.1, 0.15) is 24.0 Å². The first-order valence-electron chi connectivity index (χ1n) is 8.82. The number of aromatic nitrogens is 3. The Labute approximate surface area is 152 Å². The van der Waals surface area contributed by atoms with E-state index >= 15 is 0 Å². The fraction of sp³-hybridized carbons (Fsp3) is 0.250. The number of hydrogen-bond donors (Lipinski definition) is 2. The van der Waals surface area contributed by atoms with Crippen molar-refractivity contribution in [1.29, 1.82) is 0 Å². The Hall–Kier alpha value is -2.99. The van der Waals surface area contributed by atoms with Crippen LogP contribution in [0.2, 0.25) is 0 Å². The summed E-state index contributed by atoms with van der Waals surface area (Å²) < 4.78 is 1.96.